The first-order chi connectivity index (χ1) is 12.0. The first kappa shape index (κ1) is 19.3. The molecule has 2 saturated carbocycles. The number of urea groups is 1. The highest BCUT2D eigenvalue weighted by molar-refractivity contribution is 9.09. The molecule has 25 heavy (non-hydrogen) atoms. The lowest BCUT2D eigenvalue weighted by Gasteiger charge is -2.40. The zero-order valence-corrected chi connectivity index (χ0v) is 17.4. The Hall–Kier alpha value is -0.490. The number of likely N-dealkylation sites (N-methyl/N-ethyl adjacent to an activating group) is 2. The number of carbonyl (C=O) groups excluding carboxylic acids is 2. The third-order valence-electron chi connectivity index (χ3n) is 6.16. The van der Waals surface area contributed by atoms with Gasteiger partial charge < -0.3 is 15.1 Å². The van der Waals surface area contributed by atoms with Gasteiger partial charge in [0.2, 0.25) is 5.91 Å². The Morgan fingerprint density at radius 2 is 1.76 bits per heavy atom. The Kier molecular flexibility index (Phi) is 6.19. The van der Waals surface area contributed by atoms with Crippen LogP contribution < -0.4 is 5.32 Å². The fourth-order valence-electron chi connectivity index (χ4n) is 4.80. The van der Waals surface area contributed by atoms with Gasteiger partial charge in [-0.1, -0.05) is 28.8 Å². The minimum atomic E-state index is -0.0764. The average molecular weight is 435 g/mol. The summed E-state index contributed by atoms with van der Waals surface area (Å²) in [6.45, 7) is 5.52. The largest absolute Gasteiger partial charge is 0.352 e. The predicted molar refractivity (Wildman–Crippen MR) is 103 cm³/mol. The quantitative estimate of drug-likeness (QED) is 0.690. The molecule has 0 spiro atoms. The summed E-state index contributed by atoms with van der Waals surface area (Å²) in [5.74, 6) is 0.0137. The van der Waals surface area contributed by atoms with Crippen LogP contribution in [0.3, 0.4) is 0 Å². The topological polar surface area (TPSA) is 52.7 Å². The van der Waals surface area contributed by atoms with Gasteiger partial charge in [0.05, 0.1) is 18.0 Å². The van der Waals surface area contributed by atoms with Crippen molar-refractivity contribution >= 4 is 39.5 Å². The molecule has 3 aliphatic rings. The van der Waals surface area contributed by atoms with Crippen LogP contribution >= 0.6 is 27.5 Å². The van der Waals surface area contributed by atoms with E-state index in [1.54, 1.807) is 0 Å². The number of carbonyl (C=O) groups is 2. The summed E-state index contributed by atoms with van der Waals surface area (Å²) in [6.07, 6.45) is 5.69. The molecule has 6 unspecified atom stereocenters. The van der Waals surface area contributed by atoms with Crippen LogP contribution in [0.25, 0.3) is 0 Å². The van der Waals surface area contributed by atoms with Crippen molar-refractivity contribution in [3.63, 3.8) is 0 Å². The number of fused-ring (bicyclic) bond motifs is 1. The van der Waals surface area contributed by atoms with Crippen LogP contribution in [0.4, 0.5) is 4.79 Å². The van der Waals surface area contributed by atoms with Gasteiger partial charge in [0.1, 0.15) is 0 Å². The van der Waals surface area contributed by atoms with E-state index >= 15 is 0 Å². The third kappa shape index (κ3) is 3.66. The fraction of sp³-hybridized carbons (Fsp3) is 0.889. The molecule has 0 radical (unpaired) electrons. The van der Waals surface area contributed by atoms with Crippen LogP contribution in [-0.4, -0.2) is 63.2 Å². The second kappa shape index (κ2) is 8.03. The van der Waals surface area contributed by atoms with Crippen LogP contribution in [0, 0.1) is 5.92 Å². The molecular weight excluding hydrogens is 406 g/mol. The first-order valence-corrected chi connectivity index (χ1v) is 11.0. The smallest absolute Gasteiger partial charge is 0.320 e. The monoisotopic (exact) mass is 433 g/mol. The predicted octanol–water partition coefficient (Wildman–Crippen LogP) is 3.34. The molecule has 1 N–H and O–H groups in total. The second-order valence-electron chi connectivity index (χ2n) is 7.50. The van der Waals surface area contributed by atoms with E-state index in [1.807, 2.05) is 23.6 Å². The van der Waals surface area contributed by atoms with Crippen molar-refractivity contribution in [2.75, 3.05) is 13.1 Å². The number of halogens is 2. The molecule has 1 aliphatic heterocycles. The van der Waals surface area contributed by atoms with Gasteiger partial charge in [0, 0.05) is 29.3 Å². The van der Waals surface area contributed by atoms with Crippen molar-refractivity contribution in [3.8, 4) is 0 Å². The van der Waals surface area contributed by atoms with E-state index in [1.165, 1.54) is 0 Å². The van der Waals surface area contributed by atoms with Crippen molar-refractivity contribution in [1.82, 2.24) is 15.1 Å². The summed E-state index contributed by atoms with van der Waals surface area (Å²) in [5.41, 5.74) is 0. The molecule has 5 nitrogen and oxygen atoms in total. The summed E-state index contributed by atoms with van der Waals surface area (Å²) in [4.78, 5) is 29.5. The fourth-order valence-corrected chi connectivity index (χ4v) is 5.92. The third-order valence-corrected chi connectivity index (χ3v) is 7.70. The number of hydrogen-bond acceptors (Lipinski definition) is 2. The van der Waals surface area contributed by atoms with Crippen LogP contribution in [0.15, 0.2) is 0 Å². The molecule has 3 rings (SSSR count). The van der Waals surface area contributed by atoms with E-state index in [0.29, 0.717) is 0 Å². The summed E-state index contributed by atoms with van der Waals surface area (Å²) >= 11 is 10.2. The van der Waals surface area contributed by atoms with Crippen LogP contribution in [-0.2, 0) is 4.79 Å². The Morgan fingerprint density at radius 3 is 2.36 bits per heavy atom. The highest BCUT2D eigenvalue weighted by atomic mass is 79.9. The van der Waals surface area contributed by atoms with E-state index < -0.39 is 0 Å². The molecular formula is C18H29BrClN3O2. The van der Waals surface area contributed by atoms with Gasteiger partial charge in [0.25, 0.3) is 0 Å². The summed E-state index contributed by atoms with van der Waals surface area (Å²) < 4.78 is 0. The van der Waals surface area contributed by atoms with Gasteiger partial charge in [-0.2, -0.15) is 0 Å². The maximum atomic E-state index is 12.7. The molecule has 2 aliphatic carbocycles. The van der Waals surface area contributed by atoms with Gasteiger partial charge in [0.15, 0.2) is 0 Å². The van der Waals surface area contributed by atoms with E-state index in [-0.39, 0.29) is 46.2 Å². The molecule has 142 valence electrons. The SMILES string of the molecule is CCN1C(=O)N(CC)C2CC(NC(=O)C3CCCCC3Cl)C(Br)CC21. The Bertz CT molecular complexity index is 521. The lowest BCUT2D eigenvalue weighted by molar-refractivity contribution is -0.126. The first-order valence-electron chi connectivity index (χ1n) is 9.63. The zero-order valence-electron chi connectivity index (χ0n) is 15.1. The lowest BCUT2D eigenvalue weighted by atomic mass is 9.84. The number of nitrogens with one attached hydrogen (secondary N) is 1. The summed E-state index contributed by atoms with van der Waals surface area (Å²) in [5, 5.41) is 3.20. The number of amides is 3. The van der Waals surface area contributed by atoms with E-state index in [0.717, 1.165) is 51.6 Å². The van der Waals surface area contributed by atoms with Gasteiger partial charge in [-0.25, -0.2) is 4.79 Å². The zero-order chi connectivity index (χ0) is 18.1. The van der Waals surface area contributed by atoms with Gasteiger partial charge in [-0.05, 0) is 39.5 Å². The van der Waals surface area contributed by atoms with Crippen molar-refractivity contribution < 1.29 is 9.59 Å². The molecule has 3 fully saturated rings. The Morgan fingerprint density at radius 1 is 1.16 bits per heavy atom. The van der Waals surface area contributed by atoms with Gasteiger partial charge in [-0.15, -0.1) is 11.6 Å². The van der Waals surface area contributed by atoms with E-state index in [2.05, 4.69) is 21.2 Å². The highest BCUT2D eigenvalue weighted by Gasteiger charge is 2.50. The molecule has 7 heteroatoms. The van der Waals surface area contributed by atoms with Crippen molar-refractivity contribution in [2.45, 2.75) is 80.7 Å². The molecule has 0 aromatic rings. The summed E-state index contributed by atoms with van der Waals surface area (Å²) in [7, 11) is 0. The highest BCUT2D eigenvalue weighted by Crippen LogP contribution is 2.37. The Labute approximate surface area is 163 Å². The van der Waals surface area contributed by atoms with Crippen LogP contribution in [0.1, 0.15) is 52.4 Å². The number of nitrogens with zero attached hydrogens (tertiary/aromatic N) is 2. The maximum Gasteiger partial charge on any atom is 0.320 e. The van der Waals surface area contributed by atoms with Crippen LogP contribution in [0.5, 0.6) is 0 Å². The minimum Gasteiger partial charge on any atom is -0.352 e. The van der Waals surface area contributed by atoms with E-state index in [9.17, 15) is 9.59 Å². The standard InChI is InChI=1S/C18H29BrClN3O2/c1-3-22-15-9-12(19)14(10-16(15)23(4-2)18(22)25)21-17(24)11-7-5-6-8-13(11)20/h11-16H,3-10H2,1-2H3,(H,21,24). The van der Waals surface area contributed by atoms with Crippen molar-refractivity contribution in [1.29, 1.82) is 0 Å². The van der Waals surface area contributed by atoms with E-state index in [4.69, 9.17) is 11.6 Å². The number of rotatable bonds is 4. The molecule has 1 heterocycles. The maximum absolute atomic E-state index is 12.7. The molecule has 6 atom stereocenters. The molecule has 3 amide bonds. The number of alkyl halides is 2. The molecule has 1 saturated heterocycles. The van der Waals surface area contributed by atoms with Crippen molar-refractivity contribution in [2.24, 2.45) is 5.92 Å². The minimum absolute atomic E-state index is 0.0466. The number of hydrogen-bond donors (Lipinski definition) is 1. The molecule has 0 aromatic heterocycles. The Balaban J connectivity index is 1.68. The summed E-state index contributed by atoms with van der Waals surface area (Å²) in [6, 6.07) is 0.623. The average Bonchev–Trinajstić information content (AvgIpc) is 2.85. The lowest BCUT2D eigenvalue weighted by Crippen LogP contribution is -2.55. The normalized spacial score (nSPS) is 38.6. The molecule has 0 bridgehead atoms. The van der Waals surface area contributed by atoms with Crippen molar-refractivity contribution in [3.05, 3.63) is 0 Å². The van der Waals surface area contributed by atoms with Crippen LogP contribution in [0.2, 0.25) is 0 Å². The second-order valence-corrected chi connectivity index (χ2v) is 9.24. The van der Waals surface area contributed by atoms with Gasteiger partial charge >= 0.3 is 6.03 Å². The molecule has 0 aromatic carbocycles. The van der Waals surface area contributed by atoms with Gasteiger partial charge in [-0.3, -0.25) is 4.79 Å².